The summed E-state index contributed by atoms with van der Waals surface area (Å²) in [7, 11) is 0. The second-order valence-electron chi connectivity index (χ2n) is 7.23. The lowest BCUT2D eigenvalue weighted by molar-refractivity contribution is -0.118. The maximum Gasteiger partial charge on any atom is 0.262 e. The van der Waals surface area contributed by atoms with Gasteiger partial charge >= 0.3 is 0 Å². The summed E-state index contributed by atoms with van der Waals surface area (Å²) in [5.74, 6) is 0.788. The first-order valence-electron chi connectivity index (χ1n) is 9.63. The quantitative estimate of drug-likeness (QED) is 0.464. The maximum absolute atomic E-state index is 12.2. The van der Waals surface area contributed by atoms with Crippen LogP contribution in [0, 0.1) is 0 Å². The van der Waals surface area contributed by atoms with Gasteiger partial charge in [0.05, 0.1) is 5.69 Å². The molecule has 30 heavy (non-hydrogen) atoms. The van der Waals surface area contributed by atoms with Crippen molar-refractivity contribution in [2.75, 3.05) is 11.9 Å². The van der Waals surface area contributed by atoms with Gasteiger partial charge in [0.15, 0.2) is 6.61 Å². The Hall–Kier alpha value is -3.38. The van der Waals surface area contributed by atoms with Crippen LogP contribution in [0.25, 0.3) is 16.7 Å². The molecule has 0 atom stereocenters. The van der Waals surface area contributed by atoms with Crippen LogP contribution in [0.4, 0.5) is 5.69 Å². The van der Waals surface area contributed by atoms with E-state index >= 15 is 0 Å². The highest BCUT2D eigenvalue weighted by Gasteiger charge is 2.09. The summed E-state index contributed by atoms with van der Waals surface area (Å²) in [6, 6.07) is 20.4. The van der Waals surface area contributed by atoms with Crippen LogP contribution >= 0.6 is 11.6 Å². The number of nitrogens with zero attached hydrogens (tertiary/aromatic N) is 3. The van der Waals surface area contributed by atoms with Crippen molar-refractivity contribution in [2.45, 2.75) is 19.8 Å². The Kier molecular flexibility index (Phi) is 5.68. The van der Waals surface area contributed by atoms with Gasteiger partial charge in [0.1, 0.15) is 16.8 Å². The molecular weight excluding hydrogens is 400 g/mol. The molecule has 0 radical (unpaired) electrons. The van der Waals surface area contributed by atoms with Crippen LogP contribution in [0.15, 0.2) is 66.7 Å². The molecule has 152 valence electrons. The fourth-order valence-corrected chi connectivity index (χ4v) is 3.10. The van der Waals surface area contributed by atoms with Gasteiger partial charge in [-0.25, -0.2) is 0 Å². The largest absolute Gasteiger partial charge is 0.484 e. The first-order valence-corrected chi connectivity index (χ1v) is 10.0. The number of benzene rings is 3. The molecule has 7 heteroatoms. The molecule has 3 aromatic carbocycles. The molecule has 1 N–H and O–H groups in total. The Morgan fingerprint density at radius 3 is 2.40 bits per heavy atom. The minimum Gasteiger partial charge on any atom is -0.484 e. The second-order valence-corrected chi connectivity index (χ2v) is 7.67. The molecule has 0 spiro atoms. The zero-order valence-electron chi connectivity index (χ0n) is 16.7. The van der Waals surface area contributed by atoms with Gasteiger partial charge in [-0.1, -0.05) is 37.6 Å². The van der Waals surface area contributed by atoms with E-state index in [4.69, 9.17) is 16.3 Å². The number of ether oxygens (including phenoxy) is 1. The van der Waals surface area contributed by atoms with E-state index in [1.165, 1.54) is 5.56 Å². The van der Waals surface area contributed by atoms with E-state index in [0.29, 0.717) is 27.9 Å². The first-order chi connectivity index (χ1) is 14.5. The number of hydrogen-bond acceptors (Lipinski definition) is 4. The third-order valence-corrected chi connectivity index (χ3v) is 4.89. The van der Waals surface area contributed by atoms with Crippen molar-refractivity contribution >= 4 is 34.2 Å². The molecule has 4 aromatic rings. The van der Waals surface area contributed by atoms with Crippen molar-refractivity contribution in [2.24, 2.45) is 0 Å². The van der Waals surface area contributed by atoms with E-state index in [9.17, 15) is 4.79 Å². The average Bonchev–Trinajstić information content (AvgIpc) is 3.17. The minimum atomic E-state index is -0.263. The Labute approximate surface area is 179 Å². The predicted molar refractivity (Wildman–Crippen MR) is 119 cm³/mol. The predicted octanol–water partition coefficient (Wildman–Crippen LogP) is 5.21. The van der Waals surface area contributed by atoms with E-state index < -0.39 is 0 Å². The van der Waals surface area contributed by atoms with Gasteiger partial charge in [-0.3, -0.25) is 4.79 Å². The monoisotopic (exact) mass is 420 g/mol. The van der Waals surface area contributed by atoms with Gasteiger partial charge in [0, 0.05) is 10.7 Å². The number of carbonyl (C=O) groups excluding carboxylic acids is 1. The van der Waals surface area contributed by atoms with Crippen LogP contribution in [0.5, 0.6) is 5.75 Å². The number of carbonyl (C=O) groups is 1. The SMILES string of the molecule is CC(C)c1ccc(-n2nc3ccc(NC(=O)COc4ccc(Cl)cc4)cc3n2)cc1. The fourth-order valence-electron chi connectivity index (χ4n) is 2.98. The summed E-state index contributed by atoms with van der Waals surface area (Å²) < 4.78 is 5.47. The summed E-state index contributed by atoms with van der Waals surface area (Å²) in [5.41, 5.74) is 4.23. The van der Waals surface area contributed by atoms with E-state index in [2.05, 4.69) is 41.5 Å². The smallest absolute Gasteiger partial charge is 0.262 e. The average molecular weight is 421 g/mol. The normalized spacial score (nSPS) is 11.1. The van der Waals surface area contributed by atoms with Gasteiger partial charge in [-0.05, 0) is 66.1 Å². The fraction of sp³-hybridized carbons (Fsp3) is 0.174. The molecule has 1 aromatic heterocycles. The number of aromatic nitrogens is 3. The van der Waals surface area contributed by atoms with Crippen LogP contribution in [0.3, 0.4) is 0 Å². The molecule has 0 aliphatic carbocycles. The molecule has 1 amide bonds. The van der Waals surface area contributed by atoms with Gasteiger partial charge < -0.3 is 10.1 Å². The number of anilines is 1. The molecule has 1 heterocycles. The Morgan fingerprint density at radius 1 is 1.00 bits per heavy atom. The molecular formula is C23H21ClN4O2. The van der Waals surface area contributed by atoms with Gasteiger partial charge in [0.25, 0.3) is 5.91 Å². The number of amides is 1. The highest BCUT2D eigenvalue weighted by molar-refractivity contribution is 6.30. The van der Waals surface area contributed by atoms with Crippen molar-refractivity contribution in [1.82, 2.24) is 15.0 Å². The Morgan fingerprint density at radius 2 is 1.70 bits per heavy atom. The second kappa shape index (κ2) is 8.55. The third-order valence-electron chi connectivity index (χ3n) is 4.64. The lowest BCUT2D eigenvalue weighted by atomic mass is 10.0. The van der Waals surface area contributed by atoms with Crippen molar-refractivity contribution in [3.05, 3.63) is 77.3 Å². The molecule has 0 saturated carbocycles. The molecule has 0 bridgehead atoms. The number of hydrogen-bond donors (Lipinski definition) is 1. The third kappa shape index (κ3) is 4.60. The van der Waals surface area contributed by atoms with E-state index in [1.54, 1.807) is 41.2 Å². The van der Waals surface area contributed by atoms with Crippen LogP contribution in [0.1, 0.15) is 25.3 Å². The highest BCUT2D eigenvalue weighted by Crippen LogP contribution is 2.20. The van der Waals surface area contributed by atoms with Crippen molar-refractivity contribution in [1.29, 1.82) is 0 Å². The van der Waals surface area contributed by atoms with Crippen LogP contribution < -0.4 is 10.1 Å². The van der Waals surface area contributed by atoms with E-state index in [0.717, 1.165) is 11.2 Å². The van der Waals surface area contributed by atoms with Crippen LogP contribution in [-0.2, 0) is 4.79 Å². The van der Waals surface area contributed by atoms with Crippen molar-refractivity contribution in [3.8, 4) is 11.4 Å². The first kappa shape index (κ1) is 19.9. The number of nitrogens with one attached hydrogen (secondary N) is 1. The topological polar surface area (TPSA) is 69.0 Å². The lowest BCUT2D eigenvalue weighted by Crippen LogP contribution is -2.20. The molecule has 4 rings (SSSR count). The maximum atomic E-state index is 12.2. The van der Waals surface area contributed by atoms with Gasteiger partial charge in [-0.15, -0.1) is 10.2 Å². The number of fused-ring (bicyclic) bond motifs is 1. The lowest BCUT2D eigenvalue weighted by Gasteiger charge is -2.07. The number of rotatable bonds is 6. The molecule has 0 fully saturated rings. The molecule has 0 aliphatic rings. The summed E-state index contributed by atoms with van der Waals surface area (Å²) in [5, 5.41) is 12.5. The van der Waals surface area contributed by atoms with Crippen molar-refractivity contribution < 1.29 is 9.53 Å². The van der Waals surface area contributed by atoms with Gasteiger partial charge in [-0.2, -0.15) is 4.80 Å². The number of halogens is 1. The minimum absolute atomic E-state index is 0.103. The molecule has 0 saturated heterocycles. The van der Waals surface area contributed by atoms with Crippen LogP contribution in [0.2, 0.25) is 5.02 Å². The zero-order valence-corrected chi connectivity index (χ0v) is 17.4. The Balaban J connectivity index is 1.44. The summed E-state index contributed by atoms with van der Waals surface area (Å²) in [6.45, 7) is 4.21. The Bertz CT molecular complexity index is 1170. The van der Waals surface area contributed by atoms with E-state index in [1.807, 2.05) is 18.2 Å². The molecule has 0 aliphatic heterocycles. The molecule has 0 unspecified atom stereocenters. The highest BCUT2D eigenvalue weighted by atomic mass is 35.5. The standard InChI is InChI=1S/C23H21ClN4O2/c1-15(2)16-3-8-19(9-4-16)28-26-21-12-7-18(13-22(21)27-28)25-23(29)14-30-20-10-5-17(24)6-11-20/h3-13,15H,14H2,1-2H3,(H,25,29). The van der Waals surface area contributed by atoms with Crippen molar-refractivity contribution in [3.63, 3.8) is 0 Å². The van der Waals surface area contributed by atoms with E-state index in [-0.39, 0.29) is 12.5 Å². The van der Waals surface area contributed by atoms with Gasteiger partial charge in [0.2, 0.25) is 0 Å². The summed E-state index contributed by atoms with van der Waals surface area (Å²) in [6.07, 6.45) is 0. The van der Waals surface area contributed by atoms with Crippen LogP contribution in [-0.4, -0.2) is 27.5 Å². The summed E-state index contributed by atoms with van der Waals surface area (Å²) >= 11 is 5.84. The molecule has 6 nitrogen and oxygen atoms in total. The summed E-state index contributed by atoms with van der Waals surface area (Å²) in [4.78, 5) is 13.8. The zero-order chi connectivity index (χ0) is 21.1.